The Labute approximate surface area is 109 Å². The number of hydrogen-bond acceptors (Lipinski definition) is 2. The molecule has 0 radical (unpaired) electrons. The first-order valence-corrected chi connectivity index (χ1v) is 5.97. The second-order valence-electron chi connectivity index (χ2n) is 4.54. The molecule has 3 rings (SSSR count). The van der Waals surface area contributed by atoms with E-state index in [1.165, 1.54) is 12.1 Å². The molecule has 0 spiro atoms. The van der Waals surface area contributed by atoms with Crippen molar-refractivity contribution in [3.8, 4) is 5.75 Å². The SMILES string of the molecule is O=C1/C(=C/c2ccccc2F)Cc2ccc(O)cc21. The van der Waals surface area contributed by atoms with Crippen LogP contribution in [0.5, 0.6) is 5.75 Å². The van der Waals surface area contributed by atoms with Gasteiger partial charge in [0.15, 0.2) is 5.78 Å². The molecule has 2 aromatic rings. The molecule has 0 aliphatic heterocycles. The summed E-state index contributed by atoms with van der Waals surface area (Å²) in [4.78, 5) is 12.2. The van der Waals surface area contributed by atoms with Crippen molar-refractivity contribution < 1.29 is 14.3 Å². The van der Waals surface area contributed by atoms with Crippen molar-refractivity contribution in [2.24, 2.45) is 0 Å². The molecular weight excluding hydrogens is 243 g/mol. The maximum atomic E-state index is 13.6. The molecule has 94 valence electrons. The van der Waals surface area contributed by atoms with Crippen molar-refractivity contribution in [3.05, 3.63) is 70.5 Å². The van der Waals surface area contributed by atoms with E-state index >= 15 is 0 Å². The number of aromatic hydroxyl groups is 1. The van der Waals surface area contributed by atoms with Gasteiger partial charge in [0.05, 0.1) is 0 Å². The fourth-order valence-corrected chi connectivity index (χ4v) is 2.28. The molecule has 3 heteroatoms. The van der Waals surface area contributed by atoms with Gasteiger partial charge in [-0.3, -0.25) is 4.79 Å². The predicted octanol–water partition coefficient (Wildman–Crippen LogP) is 3.35. The Kier molecular flexibility index (Phi) is 2.67. The van der Waals surface area contributed by atoms with Crippen molar-refractivity contribution in [1.29, 1.82) is 0 Å². The van der Waals surface area contributed by atoms with Gasteiger partial charge in [-0.2, -0.15) is 0 Å². The number of ketones is 1. The van der Waals surface area contributed by atoms with E-state index in [-0.39, 0.29) is 17.3 Å². The van der Waals surface area contributed by atoms with E-state index in [1.807, 2.05) is 0 Å². The summed E-state index contributed by atoms with van der Waals surface area (Å²) in [5, 5.41) is 9.40. The third-order valence-corrected chi connectivity index (χ3v) is 3.25. The number of halogens is 1. The highest BCUT2D eigenvalue weighted by Gasteiger charge is 2.25. The van der Waals surface area contributed by atoms with E-state index < -0.39 is 0 Å². The van der Waals surface area contributed by atoms with Crippen LogP contribution in [0, 0.1) is 5.82 Å². The highest BCUT2D eigenvalue weighted by atomic mass is 19.1. The average molecular weight is 254 g/mol. The van der Waals surface area contributed by atoms with Crippen LogP contribution < -0.4 is 0 Å². The Hall–Kier alpha value is -2.42. The van der Waals surface area contributed by atoms with E-state index in [9.17, 15) is 14.3 Å². The lowest BCUT2D eigenvalue weighted by Crippen LogP contribution is -1.95. The van der Waals surface area contributed by atoms with Gasteiger partial charge in [0.2, 0.25) is 0 Å². The molecule has 0 amide bonds. The minimum Gasteiger partial charge on any atom is -0.508 e. The number of fused-ring (bicyclic) bond motifs is 1. The molecule has 0 aromatic heterocycles. The van der Waals surface area contributed by atoms with Crippen LogP contribution in [-0.4, -0.2) is 10.9 Å². The zero-order chi connectivity index (χ0) is 13.4. The Morgan fingerprint density at radius 2 is 1.95 bits per heavy atom. The number of carbonyl (C=O) groups is 1. The lowest BCUT2D eigenvalue weighted by molar-refractivity contribution is 0.104. The van der Waals surface area contributed by atoms with Crippen LogP contribution in [0.4, 0.5) is 4.39 Å². The molecule has 0 fully saturated rings. The summed E-state index contributed by atoms with van der Waals surface area (Å²) in [6.07, 6.45) is 2.05. The predicted molar refractivity (Wildman–Crippen MR) is 70.5 cm³/mol. The minimum atomic E-state index is -0.346. The lowest BCUT2D eigenvalue weighted by atomic mass is 10.1. The first-order chi connectivity index (χ1) is 9.15. The molecule has 1 N–H and O–H groups in total. The Morgan fingerprint density at radius 1 is 1.16 bits per heavy atom. The number of Topliss-reactive ketones (excluding diaryl/α,β-unsaturated/α-hetero) is 1. The molecular formula is C16H11FO2. The fraction of sp³-hybridized carbons (Fsp3) is 0.0625. The smallest absolute Gasteiger partial charge is 0.189 e. The molecule has 0 saturated carbocycles. The van der Waals surface area contributed by atoms with Crippen molar-refractivity contribution in [3.63, 3.8) is 0 Å². The van der Waals surface area contributed by atoms with E-state index in [0.717, 1.165) is 5.56 Å². The number of phenols is 1. The van der Waals surface area contributed by atoms with Gasteiger partial charge >= 0.3 is 0 Å². The maximum Gasteiger partial charge on any atom is 0.189 e. The molecule has 2 aromatic carbocycles. The summed E-state index contributed by atoms with van der Waals surface area (Å²) in [6.45, 7) is 0. The largest absolute Gasteiger partial charge is 0.508 e. The van der Waals surface area contributed by atoms with Crippen molar-refractivity contribution >= 4 is 11.9 Å². The highest BCUT2D eigenvalue weighted by molar-refractivity contribution is 6.15. The van der Waals surface area contributed by atoms with Gasteiger partial charge in [-0.05, 0) is 29.8 Å². The van der Waals surface area contributed by atoms with Crippen LogP contribution in [0.15, 0.2) is 48.0 Å². The fourth-order valence-electron chi connectivity index (χ4n) is 2.28. The van der Waals surface area contributed by atoms with Gasteiger partial charge in [0.25, 0.3) is 0 Å². The topological polar surface area (TPSA) is 37.3 Å². The highest BCUT2D eigenvalue weighted by Crippen LogP contribution is 2.30. The molecule has 2 nitrogen and oxygen atoms in total. The van der Waals surface area contributed by atoms with E-state index in [2.05, 4.69) is 0 Å². The number of benzene rings is 2. The van der Waals surface area contributed by atoms with Crippen LogP contribution in [-0.2, 0) is 6.42 Å². The van der Waals surface area contributed by atoms with Crippen LogP contribution in [0.25, 0.3) is 6.08 Å². The Bertz CT molecular complexity index is 702. The molecule has 0 atom stereocenters. The summed E-state index contributed by atoms with van der Waals surface area (Å²) in [6, 6.07) is 11.1. The van der Waals surface area contributed by atoms with Crippen molar-refractivity contribution in [2.45, 2.75) is 6.42 Å². The minimum absolute atomic E-state index is 0.0687. The monoisotopic (exact) mass is 254 g/mol. The van der Waals surface area contributed by atoms with Gasteiger partial charge in [0, 0.05) is 23.1 Å². The van der Waals surface area contributed by atoms with Gasteiger partial charge < -0.3 is 5.11 Å². The van der Waals surface area contributed by atoms with Gasteiger partial charge in [-0.1, -0.05) is 24.3 Å². The van der Waals surface area contributed by atoms with Crippen LogP contribution in [0.3, 0.4) is 0 Å². The summed E-state index contributed by atoms with van der Waals surface area (Å²) in [5.74, 6) is -0.421. The van der Waals surface area contributed by atoms with Crippen LogP contribution >= 0.6 is 0 Å². The molecule has 1 aliphatic carbocycles. The summed E-state index contributed by atoms with van der Waals surface area (Å²) in [5.41, 5.74) is 2.32. The first-order valence-electron chi connectivity index (χ1n) is 5.97. The second-order valence-corrected chi connectivity index (χ2v) is 4.54. The van der Waals surface area contributed by atoms with Gasteiger partial charge in [-0.15, -0.1) is 0 Å². The molecule has 0 heterocycles. The number of hydrogen-bond donors (Lipinski definition) is 1. The van der Waals surface area contributed by atoms with E-state index in [0.29, 0.717) is 23.1 Å². The van der Waals surface area contributed by atoms with E-state index in [4.69, 9.17) is 0 Å². The third kappa shape index (κ3) is 2.03. The molecule has 0 saturated heterocycles. The van der Waals surface area contributed by atoms with Crippen molar-refractivity contribution in [2.75, 3.05) is 0 Å². The first kappa shape index (κ1) is 11.7. The maximum absolute atomic E-state index is 13.6. The zero-order valence-corrected chi connectivity index (χ0v) is 10.1. The summed E-state index contributed by atoms with van der Waals surface area (Å²) in [7, 11) is 0. The molecule has 0 unspecified atom stereocenters. The Balaban J connectivity index is 2.03. The third-order valence-electron chi connectivity index (χ3n) is 3.25. The number of phenolic OH excluding ortho intramolecular Hbond substituents is 1. The average Bonchev–Trinajstić information content (AvgIpc) is 2.70. The second kappa shape index (κ2) is 4.35. The van der Waals surface area contributed by atoms with Gasteiger partial charge in [0.1, 0.15) is 11.6 Å². The van der Waals surface area contributed by atoms with Gasteiger partial charge in [-0.25, -0.2) is 4.39 Å². The quantitative estimate of drug-likeness (QED) is 0.792. The molecule has 1 aliphatic rings. The summed E-state index contributed by atoms with van der Waals surface area (Å²) < 4.78 is 13.6. The van der Waals surface area contributed by atoms with E-state index in [1.54, 1.807) is 36.4 Å². The van der Waals surface area contributed by atoms with Crippen LogP contribution in [0.1, 0.15) is 21.5 Å². The Morgan fingerprint density at radius 3 is 2.74 bits per heavy atom. The van der Waals surface area contributed by atoms with Crippen molar-refractivity contribution in [1.82, 2.24) is 0 Å². The number of allylic oxidation sites excluding steroid dienone is 1. The zero-order valence-electron chi connectivity index (χ0n) is 10.1. The normalized spacial score (nSPS) is 15.8. The molecule has 0 bridgehead atoms. The number of rotatable bonds is 1. The number of carbonyl (C=O) groups excluding carboxylic acids is 1. The molecule has 19 heavy (non-hydrogen) atoms. The lowest BCUT2D eigenvalue weighted by Gasteiger charge is -1.98. The summed E-state index contributed by atoms with van der Waals surface area (Å²) >= 11 is 0. The van der Waals surface area contributed by atoms with Crippen LogP contribution in [0.2, 0.25) is 0 Å². The standard InChI is InChI=1S/C16H11FO2/c17-15-4-2-1-3-11(15)8-12-7-10-5-6-13(18)9-14(10)16(12)19/h1-6,8-9,18H,7H2/b12-8+.